The maximum Gasteiger partial charge on any atom is 0.268 e. The van der Waals surface area contributed by atoms with E-state index >= 15 is 0 Å². The zero-order valence-corrected chi connectivity index (χ0v) is 16.9. The number of amides is 2. The van der Waals surface area contributed by atoms with Crippen LogP contribution in [-0.4, -0.2) is 64.3 Å². The number of primary amides is 1. The van der Waals surface area contributed by atoms with Crippen molar-refractivity contribution in [2.45, 2.75) is 13.3 Å². The molecule has 157 valence electrons. The molecule has 4 rings (SSSR count). The number of hydrogen-bond acceptors (Lipinski definition) is 5. The molecule has 7 nitrogen and oxygen atoms in total. The number of nitrogens with zero attached hydrogens (tertiary/aromatic N) is 4. The minimum absolute atomic E-state index is 0.0147. The molecule has 2 fully saturated rings. The summed E-state index contributed by atoms with van der Waals surface area (Å²) in [5.74, 6) is -0.343. The van der Waals surface area contributed by atoms with Gasteiger partial charge in [0.1, 0.15) is 17.8 Å². The number of benzene rings is 1. The van der Waals surface area contributed by atoms with Gasteiger partial charge in [0.2, 0.25) is 0 Å². The molecule has 1 aromatic carbocycles. The summed E-state index contributed by atoms with van der Waals surface area (Å²) < 4.78 is 13.3. The van der Waals surface area contributed by atoms with Gasteiger partial charge in [-0.25, -0.2) is 14.4 Å². The number of aryl methyl sites for hydroxylation is 1. The van der Waals surface area contributed by atoms with Crippen molar-refractivity contribution in [3.8, 4) is 0 Å². The van der Waals surface area contributed by atoms with Crippen molar-refractivity contribution in [3.05, 3.63) is 65.3 Å². The first kappa shape index (κ1) is 20.4. The molecule has 2 unspecified atom stereocenters. The number of fused-ring (bicyclic) bond motifs is 1. The Bertz CT molecular complexity index is 952. The van der Waals surface area contributed by atoms with Crippen molar-refractivity contribution in [3.63, 3.8) is 0 Å². The summed E-state index contributed by atoms with van der Waals surface area (Å²) in [5.41, 5.74) is 6.96. The Morgan fingerprint density at radius 2 is 1.93 bits per heavy atom. The van der Waals surface area contributed by atoms with Crippen LogP contribution in [0.25, 0.3) is 0 Å². The zero-order valence-electron chi connectivity index (χ0n) is 16.9. The quantitative estimate of drug-likeness (QED) is 0.782. The molecule has 2 aliphatic rings. The van der Waals surface area contributed by atoms with E-state index in [1.807, 2.05) is 6.07 Å². The first-order chi connectivity index (χ1) is 14.4. The molecular weight excluding hydrogens is 385 g/mol. The van der Waals surface area contributed by atoms with Crippen molar-refractivity contribution in [1.29, 1.82) is 0 Å². The van der Waals surface area contributed by atoms with Gasteiger partial charge in [0.15, 0.2) is 0 Å². The van der Waals surface area contributed by atoms with Crippen molar-refractivity contribution in [2.75, 3.05) is 32.7 Å². The Kier molecular flexibility index (Phi) is 5.76. The van der Waals surface area contributed by atoms with Crippen LogP contribution in [-0.2, 0) is 0 Å². The molecule has 2 aliphatic heterocycles. The van der Waals surface area contributed by atoms with Crippen LogP contribution in [0.15, 0.2) is 30.6 Å². The monoisotopic (exact) mass is 410 g/mol. The summed E-state index contributed by atoms with van der Waals surface area (Å²) in [7, 11) is 0. The fourth-order valence-corrected chi connectivity index (χ4v) is 4.56. The van der Waals surface area contributed by atoms with Crippen LogP contribution >= 0.6 is 0 Å². The van der Waals surface area contributed by atoms with E-state index < -0.39 is 5.91 Å². The maximum absolute atomic E-state index is 13.3. The Hall–Kier alpha value is -2.87. The molecule has 0 spiro atoms. The fraction of sp³-hybridized carbons (Fsp3) is 0.409. The van der Waals surface area contributed by atoms with E-state index in [9.17, 15) is 14.0 Å². The summed E-state index contributed by atoms with van der Waals surface area (Å²) >= 11 is 0. The second-order valence-corrected chi connectivity index (χ2v) is 8.08. The molecule has 2 amide bonds. The highest BCUT2D eigenvalue weighted by Gasteiger charge is 2.42. The molecule has 2 N–H and O–H groups in total. The molecule has 30 heavy (non-hydrogen) atoms. The van der Waals surface area contributed by atoms with Crippen LogP contribution in [0.2, 0.25) is 0 Å². The maximum atomic E-state index is 13.3. The average molecular weight is 410 g/mol. The molecule has 3 heterocycles. The first-order valence-corrected chi connectivity index (χ1v) is 10.1. The van der Waals surface area contributed by atoms with Gasteiger partial charge < -0.3 is 15.5 Å². The number of nitrogens with two attached hydrogens (primary N) is 1. The molecule has 0 bridgehead atoms. The highest BCUT2D eigenvalue weighted by molar-refractivity contribution is 6.06. The second kappa shape index (κ2) is 8.47. The lowest BCUT2D eigenvalue weighted by molar-refractivity contribution is 0.0766. The number of aromatic nitrogens is 2. The van der Waals surface area contributed by atoms with E-state index in [0.717, 1.165) is 31.6 Å². The summed E-state index contributed by atoms with van der Waals surface area (Å²) in [6.07, 6.45) is 4.16. The van der Waals surface area contributed by atoms with Gasteiger partial charge in [0.25, 0.3) is 11.8 Å². The lowest BCUT2D eigenvalue weighted by Gasteiger charge is -2.22. The molecule has 1 radical (unpaired) electrons. The Morgan fingerprint density at radius 3 is 2.60 bits per heavy atom. The standard InChI is InChI=1S/C22H25FN5O2/c1-14-19(20(21(24)29)26-13-25-14)22(30)28-11-16-9-27(10-17(16)12-28)7-3-5-15-4-2-6-18(23)8-15/h2,4-6,8,13,16-17H,3,7,9-12H2,1H3,(H2,24,29). The van der Waals surface area contributed by atoms with Crippen LogP contribution < -0.4 is 5.73 Å². The van der Waals surface area contributed by atoms with E-state index in [0.29, 0.717) is 30.6 Å². The van der Waals surface area contributed by atoms with Crippen LogP contribution in [0.5, 0.6) is 0 Å². The molecular formula is C22H25FN5O2. The Labute approximate surface area is 175 Å². The van der Waals surface area contributed by atoms with E-state index in [4.69, 9.17) is 5.73 Å². The van der Waals surface area contributed by atoms with Crippen molar-refractivity contribution in [2.24, 2.45) is 17.6 Å². The third-order valence-corrected chi connectivity index (χ3v) is 6.01. The molecule has 0 aliphatic carbocycles. The predicted octanol–water partition coefficient (Wildman–Crippen LogP) is 1.67. The molecule has 2 saturated heterocycles. The topological polar surface area (TPSA) is 92.4 Å². The molecule has 2 aromatic rings. The Morgan fingerprint density at radius 1 is 1.20 bits per heavy atom. The van der Waals surface area contributed by atoms with Gasteiger partial charge in [0, 0.05) is 26.2 Å². The summed E-state index contributed by atoms with van der Waals surface area (Å²) in [5, 5.41) is 0. The van der Waals surface area contributed by atoms with Gasteiger partial charge >= 0.3 is 0 Å². The number of halogens is 1. The molecule has 0 saturated carbocycles. The van der Waals surface area contributed by atoms with Gasteiger partial charge in [-0.3, -0.25) is 9.59 Å². The summed E-state index contributed by atoms with van der Waals surface area (Å²) in [6, 6.07) is 6.61. The number of hydrogen-bond donors (Lipinski definition) is 1. The summed E-state index contributed by atoms with van der Waals surface area (Å²) in [6.45, 7) is 5.76. The van der Waals surface area contributed by atoms with E-state index in [1.54, 1.807) is 17.9 Å². The number of rotatable bonds is 6. The number of carbonyl (C=O) groups is 2. The van der Waals surface area contributed by atoms with Gasteiger partial charge in [0.05, 0.1) is 11.3 Å². The molecule has 1 aromatic heterocycles. The predicted molar refractivity (Wildman–Crippen MR) is 109 cm³/mol. The van der Waals surface area contributed by atoms with Crippen LogP contribution in [0, 0.1) is 31.0 Å². The van der Waals surface area contributed by atoms with Crippen LogP contribution in [0.3, 0.4) is 0 Å². The van der Waals surface area contributed by atoms with Gasteiger partial charge in [-0.15, -0.1) is 0 Å². The lowest BCUT2D eigenvalue weighted by Crippen LogP contribution is -2.35. The fourth-order valence-electron chi connectivity index (χ4n) is 4.56. The lowest BCUT2D eigenvalue weighted by atomic mass is 10.0. The smallest absolute Gasteiger partial charge is 0.268 e. The van der Waals surface area contributed by atoms with Crippen molar-refractivity contribution >= 4 is 11.8 Å². The average Bonchev–Trinajstić information content (AvgIpc) is 3.26. The van der Waals surface area contributed by atoms with Crippen molar-refractivity contribution < 1.29 is 14.0 Å². The van der Waals surface area contributed by atoms with Crippen LogP contribution in [0.1, 0.15) is 38.5 Å². The van der Waals surface area contributed by atoms with E-state index in [-0.39, 0.29) is 23.0 Å². The van der Waals surface area contributed by atoms with Gasteiger partial charge in [-0.1, -0.05) is 12.1 Å². The van der Waals surface area contributed by atoms with E-state index in [2.05, 4.69) is 21.3 Å². The van der Waals surface area contributed by atoms with Crippen LogP contribution in [0.4, 0.5) is 4.39 Å². The first-order valence-electron chi connectivity index (χ1n) is 10.1. The third kappa shape index (κ3) is 4.18. The summed E-state index contributed by atoms with van der Waals surface area (Å²) in [4.78, 5) is 36.9. The molecule has 2 atom stereocenters. The number of likely N-dealkylation sites (tertiary alicyclic amines) is 2. The largest absolute Gasteiger partial charge is 0.364 e. The highest BCUT2D eigenvalue weighted by atomic mass is 19.1. The third-order valence-electron chi connectivity index (χ3n) is 6.01. The minimum Gasteiger partial charge on any atom is -0.364 e. The van der Waals surface area contributed by atoms with Gasteiger partial charge in [-0.05, 0) is 55.8 Å². The zero-order chi connectivity index (χ0) is 21.3. The van der Waals surface area contributed by atoms with Crippen molar-refractivity contribution in [1.82, 2.24) is 19.8 Å². The number of carbonyl (C=O) groups excluding carboxylic acids is 2. The highest BCUT2D eigenvalue weighted by Crippen LogP contribution is 2.32. The van der Waals surface area contributed by atoms with E-state index in [1.165, 1.54) is 18.5 Å². The molecule has 8 heteroatoms. The van der Waals surface area contributed by atoms with Gasteiger partial charge in [-0.2, -0.15) is 0 Å². The minimum atomic E-state index is -0.719. The Balaban J connectivity index is 1.32. The SMILES string of the molecule is Cc1ncnc(C(N)=O)c1C(=O)N1CC2CN(CC[CH]c3cccc(F)c3)CC2C1. The second-order valence-electron chi connectivity index (χ2n) is 8.08. The normalized spacial score (nSPS) is 21.1.